The van der Waals surface area contributed by atoms with Gasteiger partial charge in [0, 0.05) is 43.4 Å². The van der Waals surface area contributed by atoms with E-state index in [9.17, 15) is 14.4 Å². The number of likely N-dealkylation sites (tertiary alicyclic amines) is 1. The molecule has 11 heteroatoms. The predicted molar refractivity (Wildman–Crippen MR) is 167 cm³/mol. The minimum absolute atomic E-state index is 0.0318. The number of aryl methyl sites for hydroxylation is 2. The van der Waals surface area contributed by atoms with Gasteiger partial charge in [-0.05, 0) is 102 Å². The molecule has 0 spiro atoms. The number of pyridine rings is 1. The number of halogens is 1. The van der Waals surface area contributed by atoms with Gasteiger partial charge in [-0.2, -0.15) is 5.10 Å². The van der Waals surface area contributed by atoms with Gasteiger partial charge in [-0.3, -0.25) is 14.3 Å². The Morgan fingerprint density at radius 2 is 1.84 bits per heavy atom. The number of ketones is 1. The molecule has 0 radical (unpaired) electrons. The van der Waals surface area contributed by atoms with E-state index in [-0.39, 0.29) is 30.3 Å². The molecule has 4 heterocycles. The van der Waals surface area contributed by atoms with E-state index in [0.717, 1.165) is 75.5 Å². The summed E-state index contributed by atoms with van der Waals surface area (Å²) >= 11 is 3.29. The molecule has 3 aliphatic rings. The summed E-state index contributed by atoms with van der Waals surface area (Å²) in [5.74, 6) is 2.22. The number of nitrogens with one attached hydrogen (secondary N) is 1. The Balaban J connectivity index is 0.000000281. The van der Waals surface area contributed by atoms with Crippen molar-refractivity contribution in [3.8, 4) is 11.1 Å². The summed E-state index contributed by atoms with van der Waals surface area (Å²) in [6.45, 7) is 5.40. The number of nitrogens with zero attached hydrogens (tertiary/aromatic N) is 6. The lowest BCUT2D eigenvalue weighted by molar-refractivity contribution is -0.136. The van der Waals surface area contributed by atoms with Crippen molar-refractivity contribution in [1.29, 1.82) is 0 Å². The highest BCUT2D eigenvalue weighted by Gasteiger charge is 2.53. The fraction of sp³-hybridized carbons (Fsp3) is 0.406. The van der Waals surface area contributed by atoms with Crippen molar-refractivity contribution in [3.63, 3.8) is 0 Å². The first-order valence-corrected chi connectivity index (χ1v) is 15.4. The molecule has 4 aromatic rings. The van der Waals surface area contributed by atoms with Gasteiger partial charge in [-0.15, -0.1) is 0 Å². The highest BCUT2D eigenvalue weighted by molar-refractivity contribution is 9.10. The fourth-order valence-corrected chi connectivity index (χ4v) is 6.40. The molecule has 3 atom stereocenters. The largest absolute Gasteiger partial charge is 0.373 e. The number of amides is 1. The molecule has 222 valence electrons. The summed E-state index contributed by atoms with van der Waals surface area (Å²) in [5, 5.41) is 8.36. The maximum absolute atomic E-state index is 13.3. The van der Waals surface area contributed by atoms with E-state index in [1.807, 2.05) is 39.1 Å². The molecule has 2 aliphatic carbocycles. The Labute approximate surface area is 258 Å². The molecule has 3 unspecified atom stereocenters. The van der Waals surface area contributed by atoms with Crippen LogP contribution in [-0.4, -0.2) is 66.7 Å². The molecule has 3 aromatic heterocycles. The lowest BCUT2D eigenvalue weighted by atomic mass is 9.98. The molecule has 0 bridgehead atoms. The second-order valence-electron chi connectivity index (χ2n) is 11.7. The van der Waals surface area contributed by atoms with Crippen molar-refractivity contribution in [2.75, 3.05) is 12.4 Å². The first kappa shape index (κ1) is 29.1. The van der Waals surface area contributed by atoms with E-state index in [2.05, 4.69) is 47.4 Å². The standard InChI is InChI=1S/C25H25N5O3.C7H9BrN2/c1-13(32)24-21-7-16(18-9-26-14(2)27-10-18)6-20(15-3-4-15)25(21)29(28-24)11-23(33)30-19(12-31)5-17-8-22(17)30;1-5-3-4-6(8)10-7(5)9-2/h6-7,9-10,12,15,17,19,22H,3-5,8,11H2,1-2H3;3-4H,1-2H3,(H,9,10). The molecule has 2 saturated carbocycles. The van der Waals surface area contributed by atoms with Gasteiger partial charge in [-0.25, -0.2) is 15.0 Å². The molecule has 7 rings (SSSR count). The van der Waals surface area contributed by atoms with Crippen LogP contribution in [0.5, 0.6) is 0 Å². The Morgan fingerprint density at radius 1 is 1.09 bits per heavy atom. The van der Waals surface area contributed by atoms with Gasteiger partial charge in [0.05, 0.1) is 11.6 Å². The van der Waals surface area contributed by atoms with Gasteiger partial charge < -0.3 is 15.0 Å². The Bertz CT molecular complexity index is 1730. The zero-order valence-electron chi connectivity index (χ0n) is 24.7. The number of benzene rings is 1. The van der Waals surface area contributed by atoms with Gasteiger partial charge in [0.2, 0.25) is 5.91 Å². The van der Waals surface area contributed by atoms with E-state index < -0.39 is 0 Å². The van der Waals surface area contributed by atoms with Crippen LogP contribution in [0.15, 0.2) is 41.3 Å². The second kappa shape index (κ2) is 11.6. The van der Waals surface area contributed by atoms with E-state index in [1.54, 1.807) is 22.0 Å². The van der Waals surface area contributed by atoms with Crippen molar-refractivity contribution < 1.29 is 14.4 Å². The van der Waals surface area contributed by atoms with Crippen molar-refractivity contribution in [2.45, 2.75) is 71.0 Å². The van der Waals surface area contributed by atoms with Gasteiger partial charge in [-0.1, -0.05) is 6.07 Å². The minimum atomic E-state index is -0.341. The summed E-state index contributed by atoms with van der Waals surface area (Å²) < 4.78 is 2.55. The summed E-state index contributed by atoms with van der Waals surface area (Å²) in [4.78, 5) is 51.9. The third kappa shape index (κ3) is 5.82. The first-order chi connectivity index (χ1) is 20.7. The number of piperidine rings is 1. The lowest BCUT2D eigenvalue weighted by Crippen LogP contribution is -2.41. The van der Waals surface area contributed by atoms with Gasteiger partial charge in [0.15, 0.2) is 5.78 Å². The van der Waals surface area contributed by atoms with Crippen LogP contribution in [0.4, 0.5) is 5.82 Å². The van der Waals surface area contributed by atoms with E-state index in [1.165, 1.54) is 6.92 Å². The van der Waals surface area contributed by atoms with Crippen LogP contribution in [0.2, 0.25) is 0 Å². The van der Waals surface area contributed by atoms with Crippen molar-refractivity contribution in [2.24, 2.45) is 5.92 Å². The summed E-state index contributed by atoms with van der Waals surface area (Å²) in [5.41, 5.74) is 5.31. The number of aldehydes is 1. The Morgan fingerprint density at radius 3 is 2.47 bits per heavy atom. The number of anilines is 1. The molecule has 10 nitrogen and oxygen atoms in total. The SMILES string of the molecule is CC(=O)c1nn(CC(=O)N2C(C=O)CC3CC32)c2c(C3CC3)cc(-c3cnc(C)nc3)cc12.CNc1nc(Br)ccc1C. The molecule has 1 saturated heterocycles. The minimum Gasteiger partial charge on any atom is -0.373 e. The highest BCUT2D eigenvalue weighted by atomic mass is 79.9. The van der Waals surface area contributed by atoms with Crippen LogP contribution in [-0.2, 0) is 16.1 Å². The van der Waals surface area contributed by atoms with Crippen molar-refractivity contribution in [1.82, 2.24) is 29.6 Å². The van der Waals surface area contributed by atoms with Crippen molar-refractivity contribution >= 4 is 50.6 Å². The van der Waals surface area contributed by atoms with Crippen LogP contribution in [0, 0.1) is 19.8 Å². The van der Waals surface area contributed by atoms with Crippen LogP contribution in [0.1, 0.15) is 66.0 Å². The second-order valence-corrected chi connectivity index (χ2v) is 12.5. The predicted octanol–water partition coefficient (Wildman–Crippen LogP) is 5.26. The highest BCUT2D eigenvalue weighted by Crippen LogP contribution is 2.48. The summed E-state index contributed by atoms with van der Waals surface area (Å²) in [6, 6.07) is 7.87. The number of aromatic nitrogens is 5. The number of carbonyl (C=O) groups is 3. The Kier molecular flexibility index (Phi) is 7.85. The normalized spacial score (nSPS) is 20.3. The average Bonchev–Trinajstić information content (AvgIpc) is 3.92. The smallest absolute Gasteiger partial charge is 0.245 e. The van der Waals surface area contributed by atoms with E-state index in [0.29, 0.717) is 23.4 Å². The van der Waals surface area contributed by atoms with Crippen LogP contribution < -0.4 is 5.32 Å². The first-order valence-electron chi connectivity index (χ1n) is 14.6. The zero-order chi connectivity index (χ0) is 30.4. The number of fused-ring (bicyclic) bond motifs is 2. The molecule has 3 fully saturated rings. The molecule has 1 N–H and O–H groups in total. The maximum Gasteiger partial charge on any atom is 0.245 e. The number of hydrogen-bond acceptors (Lipinski definition) is 8. The van der Waals surface area contributed by atoms with Crippen LogP contribution in [0.25, 0.3) is 22.0 Å². The molecule has 1 amide bonds. The van der Waals surface area contributed by atoms with Crippen molar-refractivity contribution in [3.05, 3.63) is 63.9 Å². The van der Waals surface area contributed by atoms with Crippen LogP contribution >= 0.6 is 15.9 Å². The zero-order valence-corrected chi connectivity index (χ0v) is 26.3. The fourth-order valence-electron chi connectivity index (χ4n) is 6.09. The third-order valence-electron chi connectivity index (χ3n) is 8.51. The summed E-state index contributed by atoms with van der Waals surface area (Å²) in [6.07, 6.45) is 8.35. The average molecular weight is 645 g/mol. The van der Waals surface area contributed by atoms with Crippen LogP contribution in [0.3, 0.4) is 0 Å². The summed E-state index contributed by atoms with van der Waals surface area (Å²) in [7, 11) is 1.86. The third-order valence-corrected chi connectivity index (χ3v) is 8.95. The monoisotopic (exact) mass is 643 g/mol. The van der Waals surface area contributed by atoms with E-state index >= 15 is 0 Å². The molecular formula is C32H34BrN7O3. The number of hydrogen-bond donors (Lipinski definition) is 1. The molecular weight excluding hydrogens is 610 g/mol. The molecule has 43 heavy (non-hydrogen) atoms. The molecule has 1 aromatic carbocycles. The van der Waals surface area contributed by atoms with Gasteiger partial charge in [0.25, 0.3) is 0 Å². The quantitative estimate of drug-likeness (QED) is 0.164. The number of Topliss-reactive ketones (excluding diaryl/α,β-unsaturated/α-hetero) is 1. The number of carbonyl (C=O) groups excluding carboxylic acids is 3. The lowest BCUT2D eigenvalue weighted by Gasteiger charge is -2.23. The number of rotatable bonds is 7. The maximum atomic E-state index is 13.3. The van der Waals surface area contributed by atoms with E-state index in [4.69, 9.17) is 0 Å². The topological polar surface area (TPSA) is 123 Å². The Hall–Kier alpha value is -3.99. The molecule has 1 aliphatic heterocycles. The van der Waals surface area contributed by atoms with Gasteiger partial charge >= 0.3 is 0 Å². The van der Waals surface area contributed by atoms with Gasteiger partial charge in [0.1, 0.15) is 34.8 Å².